The van der Waals surface area contributed by atoms with Crippen molar-refractivity contribution in [1.29, 1.82) is 0 Å². The Balaban J connectivity index is 2.18. The average Bonchev–Trinajstić information content (AvgIpc) is 3.15. The highest BCUT2D eigenvalue weighted by Gasteiger charge is 2.33. The van der Waals surface area contributed by atoms with E-state index >= 15 is 0 Å². The molecule has 1 saturated carbocycles. The lowest BCUT2D eigenvalue weighted by Gasteiger charge is -2.10. The SMILES string of the molecule is Cc1ccc(S(=O)(=O)n2cc(S(=O)(=O)O)cc2C2CC2)cc1. The van der Waals surface area contributed by atoms with Gasteiger partial charge in [-0.15, -0.1) is 0 Å². The van der Waals surface area contributed by atoms with Crippen molar-refractivity contribution in [2.24, 2.45) is 0 Å². The minimum Gasteiger partial charge on any atom is -0.282 e. The van der Waals surface area contributed by atoms with Crippen LogP contribution in [0, 0.1) is 6.92 Å². The highest BCUT2D eigenvalue weighted by Crippen LogP contribution is 2.42. The molecule has 22 heavy (non-hydrogen) atoms. The fourth-order valence-corrected chi connectivity index (χ4v) is 4.30. The maximum atomic E-state index is 12.7. The Bertz CT molecular complexity index is 920. The van der Waals surface area contributed by atoms with E-state index < -0.39 is 25.0 Å². The highest BCUT2D eigenvalue weighted by molar-refractivity contribution is 7.90. The first-order chi connectivity index (χ1) is 10.2. The van der Waals surface area contributed by atoms with Gasteiger partial charge in [-0.3, -0.25) is 4.55 Å². The Morgan fingerprint density at radius 3 is 2.14 bits per heavy atom. The Hall–Kier alpha value is -1.64. The van der Waals surface area contributed by atoms with Gasteiger partial charge in [0.15, 0.2) is 0 Å². The summed E-state index contributed by atoms with van der Waals surface area (Å²) in [5, 5.41) is 0. The summed E-state index contributed by atoms with van der Waals surface area (Å²) < 4.78 is 58.2. The van der Waals surface area contributed by atoms with E-state index in [1.165, 1.54) is 18.2 Å². The molecular formula is C14H15NO5S2. The Morgan fingerprint density at radius 1 is 1.05 bits per heavy atom. The fourth-order valence-electron chi connectivity index (χ4n) is 2.29. The lowest BCUT2D eigenvalue weighted by Crippen LogP contribution is -2.14. The van der Waals surface area contributed by atoms with Crippen LogP contribution in [0.3, 0.4) is 0 Å². The molecule has 1 aromatic heterocycles. The second kappa shape index (κ2) is 4.94. The molecule has 6 nitrogen and oxygen atoms in total. The Labute approximate surface area is 129 Å². The van der Waals surface area contributed by atoms with E-state index in [1.807, 2.05) is 6.92 Å². The molecule has 0 atom stereocenters. The van der Waals surface area contributed by atoms with Crippen molar-refractivity contribution >= 4 is 20.1 Å². The van der Waals surface area contributed by atoms with E-state index in [2.05, 4.69) is 0 Å². The molecule has 2 aromatic rings. The van der Waals surface area contributed by atoms with Crippen LogP contribution in [0.4, 0.5) is 0 Å². The summed E-state index contributed by atoms with van der Waals surface area (Å²) in [4.78, 5) is -0.317. The van der Waals surface area contributed by atoms with Gasteiger partial charge in [0.1, 0.15) is 4.90 Å². The van der Waals surface area contributed by atoms with Crippen molar-refractivity contribution < 1.29 is 21.4 Å². The molecule has 1 heterocycles. The zero-order valence-corrected chi connectivity index (χ0v) is 13.4. The van der Waals surface area contributed by atoms with Crippen molar-refractivity contribution in [2.45, 2.75) is 35.5 Å². The number of aromatic nitrogens is 1. The first kappa shape index (κ1) is 15.3. The van der Waals surface area contributed by atoms with E-state index in [4.69, 9.17) is 4.55 Å². The number of hydrogen-bond acceptors (Lipinski definition) is 4. The Morgan fingerprint density at radius 2 is 1.64 bits per heavy atom. The van der Waals surface area contributed by atoms with Crippen LogP contribution < -0.4 is 0 Å². The molecule has 0 bridgehead atoms. The van der Waals surface area contributed by atoms with Crippen LogP contribution >= 0.6 is 0 Å². The monoisotopic (exact) mass is 341 g/mol. The van der Waals surface area contributed by atoms with Crippen LogP contribution in [0.15, 0.2) is 46.3 Å². The molecule has 1 N–H and O–H groups in total. The highest BCUT2D eigenvalue weighted by atomic mass is 32.2. The van der Waals surface area contributed by atoms with Crippen molar-refractivity contribution in [1.82, 2.24) is 3.97 Å². The molecule has 0 spiro atoms. The molecule has 0 amide bonds. The summed E-state index contributed by atoms with van der Waals surface area (Å²) in [6.07, 6.45) is 2.58. The van der Waals surface area contributed by atoms with Crippen LogP contribution in [0.2, 0.25) is 0 Å². The first-order valence-corrected chi connectivity index (χ1v) is 9.59. The van der Waals surface area contributed by atoms with Crippen LogP contribution in [0.25, 0.3) is 0 Å². The molecule has 1 aliphatic carbocycles. The molecule has 1 aromatic carbocycles. The maximum absolute atomic E-state index is 12.7. The van der Waals surface area contributed by atoms with Crippen LogP contribution in [0.1, 0.15) is 30.0 Å². The van der Waals surface area contributed by atoms with Crippen molar-refractivity contribution in [3.8, 4) is 0 Å². The van der Waals surface area contributed by atoms with Gasteiger partial charge in [-0.1, -0.05) is 17.7 Å². The van der Waals surface area contributed by atoms with E-state index in [0.29, 0.717) is 5.69 Å². The summed E-state index contributed by atoms with van der Waals surface area (Å²) in [5.74, 6) is 0.00993. The quantitative estimate of drug-likeness (QED) is 0.860. The third kappa shape index (κ3) is 2.69. The molecule has 0 radical (unpaired) electrons. The zero-order valence-electron chi connectivity index (χ0n) is 11.8. The smallest absolute Gasteiger partial charge is 0.282 e. The first-order valence-electron chi connectivity index (χ1n) is 6.71. The van der Waals surface area contributed by atoms with Crippen molar-refractivity contribution in [3.63, 3.8) is 0 Å². The number of hydrogen-bond donors (Lipinski definition) is 1. The molecule has 1 aliphatic rings. The van der Waals surface area contributed by atoms with Crippen LogP contribution in [-0.2, 0) is 20.1 Å². The van der Waals surface area contributed by atoms with Crippen LogP contribution in [-0.4, -0.2) is 25.4 Å². The van der Waals surface area contributed by atoms with Crippen molar-refractivity contribution in [3.05, 3.63) is 47.8 Å². The average molecular weight is 341 g/mol. The summed E-state index contributed by atoms with van der Waals surface area (Å²) in [6.45, 7) is 1.85. The van der Waals surface area contributed by atoms with Gasteiger partial charge in [-0.05, 0) is 38.0 Å². The second-order valence-corrected chi connectivity index (χ2v) is 8.70. The van der Waals surface area contributed by atoms with Crippen molar-refractivity contribution in [2.75, 3.05) is 0 Å². The van der Waals surface area contributed by atoms with Gasteiger partial charge in [0.2, 0.25) is 0 Å². The summed E-state index contributed by atoms with van der Waals surface area (Å²) in [5.41, 5.74) is 1.32. The molecule has 3 rings (SSSR count). The predicted molar refractivity (Wildman–Crippen MR) is 80.0 cm³/mol. The number of nitrogens with zero attached hydrogens (tertiary/aromatic N) is 1. The second-order valence-electron chi connectivity index (χ2n) is 5.46. The lowest BCUT2D eigenvalue weighted by molar-refractivity contribution is 0.483. The largest absolute Gasteiger partial charge is 0.296 e. The normalized spacial score (nSPS) is 15.9. The molecule has 118 valence electrons. The van der Waals surface area contributed by atoms with E-state index in [-0.39, 0.29) is 10.8 Å². The lowest BCUT2D eigenvalue weighted by atomic mass is 10.2. The molecule has 0 aliphatic heterocycles. The third-order valence-corrected chi connectivity index (χ3v) is 6.18. The minimum atomic E-state index is -4.44. The zero-order chi connectivity index (χ0) is 16.1. The molecule has 0 saturated heterocycles. The minimum absolute atomic E-state index is 0.00993. The summed E-state index contributed by atoms with van der Waals surface area (Å²) in [6, 6.07) is 7.55. The standard InChI is InChI=1S/C14H15NO5S2/c1-10-2-6-12(7-3-10)21(16,17)15-9-13(22(18,19)20)8-14(15)11-4-5-11/h2-3,6-9,11H,4-5H2,1H3,(H,18,19,20). The van der Waals surface area contributed by atoms with E-state index in [1.54, 1.807) is 12.1 Å². The predicted octanol–water partition coefficient (Wildman–Crippen LogP) is 2.16. The molecule has 8 heteroatoms. The van der Waals surface area contributed by atoms with Gasteiger partial charge in [-0.25, -0.2) is 12.4 Å². The maximum Gasteiger partial charge on any atom is 0.296 e. The van der Waals surface area contributed by atoms with Gasteiger partial charge < -0.3 is 0 Å². The Kier molecular flexibility index (Phi) is 3.42. The number of rotatable bonds is 4. The topological polar surface area (TPSA) is 93.4 Å². The molecule has 1 fully saturated rings. The van der Waals surface area contributed by atoms with Gasteiger partial charge in [0, 0.05) is 17.8 Å². The van der Waals surface area contributed by atoms with Gasteiger partial charge >= 0.3 is 0 Å². The number of aryl methyl sites for hydroxylation is 1. The fraction of sp³-hybridized carbons (Fsp3) is 0.286. The molecule has 0 unspecified atom stereocenters. The summed E-state index contributed by atoms with van der Waals surface area (Å²) in [7, 11) is -8.33. The summed E-state index contributed by atoms with van der Waals surface area (Å²) >= 11 is 0. The number of benzene rings is 1. The van der Waals surface area contributed by atoms with E-state index in [9.17, 15) is 16.8 Å². The van der Waals surface area contributed by atoms with Crippen LogP contribution in [0.5, 0.6) is 0 Å². The van der Waals surface area contributed by atoms with Gasteiger partial charge in [0.25, 0.3) is 20.1 Å². The third-order valence-electron chi connectivity index (χ3n) is 3.66. The van der Waals surface area contributed by atoms with E-state index in [0.717, 1.165) is 28.6 Å². The molecular weight excluding hydrogens is 326 g/mol. The van der Waals surface area contributed by atoms with Gasteiger partial charge in [0.05, 0.1) is 4.90 Å². The van der Waals surface area contributed by atoms with Gasteiger partial charge in [-0.2, -0.15) is 8.42 Å².